The molecule has 1 unspecified atom stereocenters. The topological polar surface area (TPSA) is 99.7 Å². The Morgan fingerprint density at radius 2 is 2.03 bits per heavy atom. The number of carbonyl (C=O) groups excluding carboxylic acids is 2. The highest BCUT2D eigenvalue weighted by atomic mass is 16.5. The number of ether oxygens (including phenoxy) is 1. The van der Waals surface area contributed by atoms with Crippen molar-refractivity contribution in [1.29, 1.82) is 0 Å². The molecule has 2 N–H and O–H groups in total. The molecule has 0 aromatic carbocycles. The van der Waals surface area contributed by atoms with Crippen molar-refractivity contribution in [2.75, 3.05) is 52.3 Å². The number of amides is 3. The van der Waals surface area contributed by atoms with Gasteiger partial charge in [0.1, 0.15) is 0 Å². The van der Waals surface area contributed by atoms with Gasteiger partial charge >= 0.3 is 6.03 Å². The molecule has 2 aliphatic rings. The number of hydrogen-bond donors (Lipinski definition) is 2. The van der Waals surface area contributed by atoms with Crippen LogP contribution in [0.4, 0.5) is 10.7 Å². The second-order valence-electron chi connectivity index (χ2n) is 7.97. The third-order valence-corrected chi connectivity index (χ3v) is 5.59. The normalized spacial score (nSPS) is 19.4. The molecule has 0 radical (unpaired) electrons. The maximum Gasteiger partial charge on any atom is 0.317 e. The molecule has 0 bridgehead atoms. The highest BCUT2D eigenvalue weighted by molar-refractivity contribution is 5.95. The Hall–Kier alpha value is -2.42. The Labute approximate surface area is 172 Å². The molecule has 9 heteroatoms. The lowest BCUT2D eigenvalue weighted by Crippen LogP contribution is -2.42. The van der Waals surface area contributed by atoms with Gasteiger partial charge in [0.25, 0.3) is 5.91 Å². The van der Waals surface area contributed by atoms with Crippen molar-refractivity contribution in [1.82, 2.24) is 25.5 Å². The second kappa shape index (κ2) is 9.87. The first-order chi connectivity index (χ1) is 14.0. The van der Waals surface area contributed by atoms with Gasteiger partial charge in [0, 0.05) is 59.0 Å². The van der Waals surface area contributed by atoms with Gasteiger partial charge in [-0.1, -0.05) is 12.8 Å². The molecule has 1 aromatic rings. The van der Waals surface area contributed by atoms with Crippen molar-refractivity contribution in [2.24, 2.45) is 0 Å². The van der Waals surface area contributed by atoms with Gasteiger partial charge in [-0.15, -0.1) is 0 Å². The van der Waals surface area contributed by atoms with Gasteiger partial charge in [0.05, 0.1) is 17.9 Å². The van der Waals surface area contributed by atoms with E-state index in [1.165, 1.54) is 12.8 Å². The smallest absolute Gasteiger partial charge is 0.317 e. The highest BCUT2D eigenvalue weighted by Crippen LogP contribution is 2.29. The predicted molar refractivity (Wildman–Crippen MR) is 110 cm³/mol. The Morgan fingerprint density at radius 1 is 1.28 bits per heavy atom. The number of rotatable bonds is 7. The standard InChI is InChI=1S/C20H32N6O3/c1-25(2)19-22-12-16(18(27)21-9-11-29-3)17(24-19)14-8-10-26(13-14)20(28)23-15-6-4-5-7-15/h12,14-15H,4-11,13H2,1-3H3,(H,21,27)(H,23,28). The van der Waals surface area contributed by atoms with Gasteiger partial charge in [-0.3, -0.25) is 4.79 Å². The van der Waals surface area contributed by atoms with Gasteiger partial charge in [0.15, 0.2) is 0 Å². The summed E-state index contributed by atoms with van der Waals surface area (Å²) < 4.78 is 5.00. The van der Waals surface area contributed by atoms with Crippen LogP contribution >= 0.6 is 0 Å². The number of carbonyl (C=O) groups is 2. The molecule has 1 aromatic heterocycles. The van der Waals surface area contributed by atoms with Crippen molar-refractivity contribution in [3.05, 3.63) is 17.5 Å². The Balaban J connectivity index is 1.72. The molecule has 0 spiro atoms. The minimum absolute atomic E-state index is 0.00705. The summed E-state index contributed by atoms with van der Waals surface area (Å²) in [6, 6.07) is 0.287. The SMILES string of the molecule is COCCNC(=O)c1cnc(N(C)C)nc1C1CCN(C(=O)NC2CCCC2)C1. The zero-order valence-electron chi connectivity index (χ0n) is 17.6. The van der Waals surface area contributed by atoms with E-state index in [-0.39, 0.29) is 17.9 Å². The van der Waals surface area contributed by atoms with Crippen LogP contribution in [0.15, 0.2) is 6.20 Å². The van der Waals surface area contributed by atoms with E-state index in [9.17, 15) is 9.59 Å². The molecular weight excluding hydrogens is 372 g/mol. The molecule has 2 fully saturated rings. The van der Waals surface area contributed by atoms with Gasteiger partial charge in [-0.05, 0) is 19.3 Å². The van der Waals surface area contributed by atoms with Gasteiger partial charge in [-0.25, -0.2) is 14.8 Å². The molecule has 160 valence electrons. The van der Waals surface area contributed by atoms with Crippen molar-refractivity contribution in [3.63, 3.8) is 0 Å². The third kappa shape index (κ3) is 5.35. The summed E-state index contributed by atoms with van der Waals surface area (Å²) in [5.41, 5.74) is 1.17. The fourth-order valence-corrected chi connectivity index (χ4v) is 3.95. The van der Waals surface area contributed by atoms with Crippen LogP contribution in [0.2, 0.25) is 0 Å². The first-order valence-corrected chi connectivity index (χ1v) is 10.4. The Morgan fingerprint density at radius 3 is 2.72 bits per heavy atom. The van der Waals surface area contributed by atoms with E-state index in [1.807, 2.05) is 23.9 Å². The molecule has 2 heterocycles. The van der Waals surface area contributed by atoms with E-state index in [0.717, 1.165) is 19.3 Å². The largest absolute Gasteiger partial charge is 0.383 e. The number of methoxy groups -OCH3 is 1. The van der Waals surface area contributed by atoms with Crippen LogP contribution in [0.25, 0.3) is 0 Å². The predicted octanol–water partition coefficient (Wildman–Crippen LogP) is 1.36. The fraction of sp³-hybridized carbons (Fsp3) is 0.700. The summed E-state index contributed by atoms with van der Waals surface area (Å²) >= 11 is 0. The lowest BCUT2D eigenvalue weighted by atomic mass is 10.00. The highest BCUT2D eigenvalue weighted by Gasteiger charge is 2.32. The average molecular weight is 405 g/mol. The molecular formula is C20H32N6O3. The number of hydrogen-bond acceptors (Lipinski definition) is 6. The monoisotopic (exact) mass is 404 g/mol. The van der Waals surface area contributed by atoms with Crippen LogP contribution in [-0.4, -0.2) is 80.3 Å². The maximum atomic E-state index is 12.7. The quantitative estimate of drug-likeness (QED) is 0.666. The minimum Gasteiger partial charge on any atom is -0.383 e. The van der Waals surface area contributed by atoms with Crippen LogP contribution < -0.4 is 15.5 Å². The molecule has 3 rings (SSSR count). The van der Waals surface area contributed by atoms with Crippen molar-refractivity contribution in [2.45, 2.75) is 44.1 Å². The van der Waals surface area contributed by atoms with Crippen molar-refractivity contribution in [3.8, 4) is 0 Å². The van der Waals surface area contributed by atoms with Crippen molar-refractivity contribution < 1.29 is 14.3 Å². The first kappa shape index (κ1) is 21.3. The van der Waals surface area contributed by atoms with E-state index in [2.05, 4.69) is 20.6 Å². The van der Waals surface area contributed by atoms with Crippen molar-refractivity contribution >= 4 is 17.9 Å². The Bertz CT molecular complexity index is 720. The zero-order valence-corrected chi connectivity index (χ0v) is 17.6. The summed E-state index contributed by atoms with van der Waals surface area (Å²) in [7, 11) is 5.33. The molecule has 9 nitrogen and oxygen atoms in total. The van der Waals surface area contributed by atoms with Crippen LogP contribution in [0, 0.1) is 0 Å². The molecule has 1 aliphatic heterocycles. The summed E-state index contributed by atoms with van der Waals surface area (Å²) in [4.78, 5) is 37.9. The zero-order chi connectivity index (χ0) is 20.8. The number of urea groups is 1. The lowest BCUT2D eigenvalue weighted by molar-refractivity contribution is 0.0935. The Kier molecular flexibility index (Phi) is 7.24. The van der Waals surface area contributed by atoms with Crippen LogP contribution in [-0.2, 0) is 4.74 Å². The van der Waals surface area contributed by atoms with Crippen LogP contribution in [0.3, 0.4) is 0 Å². The summed E-state index contributed by atoms with van der Waals surface area (Å²) in [5.74, 6) is 0.354. The second-order valence-corrected chi connectivity index (χ2v) is 7.97. The summed E-state index contributed by atoms with van der Waals surface area (Å²) in [6.45, 7) is 2.08. The molecule has 1 saturated carbocycles. The fourth-order valence-electron chi connectivity index (χ4n) is 3.95. The van der Waals surface area contributed by atoms with E-state index >= 15 is 0 Å². The molecule has 1 saturated heterocycles. The average Bonchev–Trinajstić information content (AvgIpc) is 3.39. The molecule has 29 heavy (non-hydrogen) atoms. The number of anilines is 1. The maximum absolute atomic E-state index is 12.7. The summed E-state index contributed by atoms with van der Waals surface area (Å²) in [6.07, 6.45) is 6.86. The van der Waals surface area contributed by atoms with Crippen LogP contribution in [0.5, 0.6) is 0 Å². The van der Waals surface area contributed by atoms with Gasteiger partial charge in [0.2, 0.25) is 5.95 Å². The lowest BCUT2D eigenvalue weighted by Gasteiger charge is -2.21. The summed E-state index contributed by atoms with van der Waals surface area (Å²) in [5, 5.41) is 5.99. The van der Waals surface area contributed by atoms with E-state index in [4.69, 9.17) is 4.74 Å². The minimum atomic E-state index is -0.212. The van der Waals surface area contributed by atoms with E-state index in [1.54, 1.807) is 13.3 Å². The molecule has 3 amide bonds. The number of likely N-dealkylation sites (tertiary alicyclic amines) is 1. The molecule has 1 aliphatic carbocycles. The third-order valence-electron chi connectivity index (χ3n) is 5.59. The van der Waals surface area contributed by atoms with Crippen LogP contribution in [0.1, 0.15) is 54.1 Å². The van der Waals surface area contributed by atoms with Gasteiger partial charge < -0.3 is 25.2 Å². The van der Waals surface area contributed by atoms with E-state index in [0.29, 0.717) is 49.5 Å². The number of nitrogens with zero attached hydrogens (tertiary/aromatic N) is 4. The number of aromatic nitrogens is 2. The van der Waals surface area contributed by atoms with E-state index < -0.39 is 0 Å². The number of nitrogens with one attached hydrogen (secondary N) is 2. The van der Waals surface area contributed by atoms with Gasteiger partial charge in [-0.2, -0.15) is 0 Å². The first-order valence-electron chi connectivity index (χ1n) is 10.4. The molecule has 1 atom stereocenters.